The van der Waals surface area contributed by atoms with Gasteiger partial charge in [-0.05, 0) is 31.2 Å². The molecule has 0 aliphatic carbocycles. The standard InChI is InChI=1S/C21H16N6O3/c1-2-30-20(28)13-7-3-4-8-15(13)27-19-14(24-21(27)29)11-23-18(25-19)16-12-22-17-9-5-6-10-26(16)17/h3-12H,2H2,1H3,(H,24,29). The summed E-state index contributed by atoms with van der Waals surface area (Å²) in [5, 5.41) is 0. The molecule has 0 aliphatic rings. The van der Waals surface area contributed by atoms with Crippen molar-refractivity contribution in [1.29, 1.82) is 0 Å². The summed E-state index contributed by atoms with van der Waals surface area (Å²) in [6.07, 6.45) is 5.09. The van der Waals surface area contributed by atoms with Gasteiger partial charge in [0.15, 0.2) is 11.5 Å². The summed E-state index contributed by atoms with van der Waals surface area (Å²) in [5.41, 5.74) is 2.49. The van der Waals surface area contributed by atoms with E-state index in [1.165, 1.54) is 4.57 Å². The maximum Gasteiger partial charge on any atom is 0.340 e. The van der Waals surface area contributed by atoms with Gasteiger partial charge in [0, 0.05) is 6.20 Å². The number of carbonyl (C=O) groups excluding carboxylic acids is 1. The van der Waals surface area contributed by atoms with Gasteiger partial charge in [-0.15, -0.1) is 0 Å². The summed E-state index contributed by atoms with van der Waals surface area (Å²) in [6.45, 7) is 1.96. The molecule has 9 nitrogen and oxygen atoms in total. The lowest BCUT2D eigenvalue weighted by atomic mass is 10.2. The van der Waals surface area contributed by atoms with Crippen LogP contribution in [0.4, 0.5) is 0 Å². The quantitative estimate of drug-likeness (QED) is 0.465. The minimum Gasteiger partial charge on any atom is -0.462 e. The van der Waals surface area contributed by atoms with Crippen LogP contribution in [-0.2, 0) is 4.74 Å². The predicted molar refractivity (Wildman–Crippen MR) is 110 cm³/mol. The van der Waals surface area contributed by atoms with E-state index in [-0.39, 0.29) is 12.2 Å². The van der Waals surface area contributed by atoms with Crippen LogP contribution in [0, 0.1) is 0 Å². The SMILES string of the molecule is CCOC(=O)c1ccccc1-n1c(=O)[nH]c2cnc(-c3cnc4ccccn34)nc21. The molecule has 0 amide bonds. The van der Waals surface area contributed by atoms with E-state index in [9.17, 15) is 9.59 Å². The molecule has 148 valence electrons. The first-order chi connectivity index (χ1) is 14.7. The number of benzene rings is 1. The Labute approximate surface area is 169 Å². The van der Waals surface area contributed by atoms with E-state index in [1.54, 1.807) is 43.6 Å². The zero-order valence-corrected chi connectivity index (χ0v) is 15.9. The van der Waals surface area contributed by atoms with Gasteiger partial charge in [-0.25, -0.2) is 29.1 Å². The van der Waals surface area contributed by atoms with E-state index in [4.69, 9.17) is 4.74 Å². The average molecular weight is 400 g/mol. The largest absolute Gasteiger partial charge is 0.462 e. The fourth-order valence-electron chi connectivity index (χ4n) is 3.39. The summed E-state index contributed by atoms with van der Waals surface area (Å²) >= 11 is 0. The molecule has 1 N–H and O–H groups in total. The van der Waals surface area contributed by atoms with Crippen molar-refractivity contribution in [2.75, 3.05) is 6.61 Å². The van der Waals surface area contributed by atoms with Gasteiger partial charge in [-0.1, -0.05) is 18.2 Å². The second kappa shape index (κ2) is 6.96. The van der Waals surface area contributed by atoms with E-state index < -0.39 is 11.7 Å². The molecular formula is C21H16N6O3. The molecular weight excluding hydrogens is 384 g/mol. The van der Waals surface area contributed by atoms with Crippen LogP contribution in [0.2, 0.25) is 0 Å². The van der Waals surface area contributed by atoms with Gasteiger partial charge in [0.2, 0.25) is 0 Å². The molecule has 30 heavy (non-hydrogen) atoms. The van der Waals surface area contributed by atoms with Crippen LogP contribution in [0.3, 0.4) is 0 Å². The molecule has 1 aromatic carbocycles. The Morgan fingerprint density at radius 2 is 1.93 bits per heavy atom. The second-order valence-electron chi connectivity index (χ2n) is 6.51. The molecule has 0 saturated heterocycles. The zero-order valence-electron chi connectivity index (χ0n) is 15.9. The van der Waals surface area contributed by atoms with Gasteiger partial charge >= 0.3 is 11.7 Å². The van der Waals surface area contributed by atoms with E-state index in [2.05, 4.69) is 19.9 Å². The van der Waals surface area contributed by atoms with Crippen molar-refractivity contribution >= 4 is 22.8 Å². The lowest BCUT2D eigenvalue weighted by Crippen LogP contribution is -2.19. The second-order valence-corrected chi connectivity index (χ2v) is 6.51. The van der Waals surface area contributed by atoms with E-state index in [0.29, 0.717) is 28.4 Å². The Bertz CT molecular complexity index is 1460. The molecule has 0 unspecified atom stereocenters. The molecule has 0 spiro atoms. The first-order valence-electron chi connectivity index (χ1n) is 9.34. The van der Waals surface area contributed by atoms with Gasteiger partial charge < -0.3 is 9.72 Å². The van der Waals surface area contributed by atoms with Crippen molar-refractivity contribution in [3.8, 4) is 17.2 Å². The summed E-state index contributed by atoms with van der Waals surface area (Å²) in [4.78, 5) is 41.3. The topological polar surface area (TPSA) is 107 Å². The van der Waals surface area contributed by atoms with Crippen LogP contribution in [0.15, 0.2) is 65.8 Å². The number of carbonyl (C=O) groups is 1. The Morgan fingerprint density at radius 1 is 1.10 bits per heavy atom. The molecule has 4 aromatic heterocycles. The predicted octanol–water partition coefficient (Wildman–Crippen LogP) is 2.60. The Morgan fingerprint density at radius 3 is 2.80 bits per heavy atom. The number of hydrogen-bond donors (Lipinski definition) is 1. The van der Waals surface area contributed by atoms with E-state index >= 15 is 0 Å². The molecule has 0 radical (unpaired) electrons. The monoisotopic (exact) mass is 400 g/mol. The average Bonchev–Trinajstić information content (AvgIpc) is 3.33. The van der Waals surface area contributed by atoms with Crippen molar-refractivity contribution < 1.29 is 9.53 Å². The first kappa shape index (κ1) is 17.8. The fourth-order valence-corrected chi connectivity index (χ4v) is 3.39. The van der Waals surface area contributed by atoms with Crippen molar-refractivity contribution in [3.05, 3.63) is 77.1 Å². The highest BCUT2D eigenvalue weighted by atomic mass is 16.5. The van der Waals surface area contributed by atoms with Gasteiger partial charge in [0.05, 0.1) is 30.3 Å². The van der Waals surface area contributed by atoms with E-state index in [0.717, 1.165) is 5.65 Å². The van der Waals surface area contributed by atoms with Gasteiger partial charge in [0.1, 0.15) is 16.9 Å². The summed E-state index contributed by atoms with van der Waals surface area (Å²) in [5.74, 6) is -0.104. The number of nitrogens with one attached hydrogen (secondary N) is 1. The number of rotatable bonds is 4. The van der Waals surface area contributed by atoms with Crippen molar-refractivity contribution in [2.24, 2.45) is 0 Å². The van der Waals surface area contributed by atoms with Crippen LogP contribution in [0.5, 0.6) is 0 Å². The number of aromatic amines is 1. The summed E-state index contributed by atoms with van der Waals surface area (Å²) < 4.78 is 8.36. The number of H-pyrrole nitrogens is 1. The zero-order chi connectivity index (χ0) is 20.7. The normalized spacial score (nSPS) is 11.2. The number of imidazole rings is 2. The first-order valence-corrected chi connectivity index (χ1v) is 9.34. The van der Waals surface area contributed by atoms with Crippen LogP contribution in [0.1, 0.15) is 17.3 Å². The molecule has 5 rings (SSSR count). The smallest absolute Gasteiger partial charge is 0.340 e. The fraction of sp³-hybridized carbons (Fsp3) is 0.0952. The van der Waals surface area contributed by atoms with Crippen LogP contribution in [-0.4, -0.2) is 41.5 Å². The van der Waals surface area contributed by atoms with Gasteiger partial charge in [-0.2, -0.15) is 0 Å². The molecule has 9 heteroatoms. The van der Waals surface area contributed by atoms with Gasteiger partial charge in [0.25, 0.3) is 0 Å². The van der Waals surface area contributed by atoms with Crippen LogP contribution < -0.4 is 5.69 Å². The number of pyridine rings is 1. The highest BCUT2D eigenvalue weighted by molar-refractivity contribution is 5.94. The summed E-state index contributed by atoms with van der Waals surface area (Å²) in [6, 6.07) is 12.4. The molecule has 5 aromatic rings. The molecule has 0 fully saturated rings. The number of nitrogens with zero attached hydrogens (tertiary/aromatic N) is 5. The molecule has 0 atom stereocenters. The Hall–Kier alpha value is -4.27. The lowest BCUT2D eigenvalue weighted by Gasteiger charge is -2.09. The molecule has 4 heterocycles. The van der Waals surface area contributed by atoms with Crippen molar-refractivity contribution in [1.82, 2.24) is 28.9 Å². The van der Waals surface area contributed by atoms with Crippen molar-refractivity contribution in [2.45, 2.75) is 6.92 Å². The minimum atomic E-state index is -0.509. The summed E-state index contributed by atoms with van der Waals surface area (Å²) in [7, 11) is 0. The van der Waals surface area contributed by atoms with Crippen molar-refractivity contribution in [3.63, 3.8) is 0 Å². The van der Waals surface area contributed by atoms with Gasteiger partial charge in [-0.3, -0.25) is 4.40 Å². The number of hydrogen-bond acceptors (Lipinski definition) is 6. The number of para-hydroxylation sites is 1. The third kappa shape index (κ3) is 2.75. The Balaban J connectivity index is 1.74. The minimum absolute atomic E-state index is 0.233. The third-order valence-electron chi connectivity index (χ3n) is 4.71. The van der Waals surface area contributed by atoms with Crippen LogP contribution in [0.25, 0.3) is 34.0 Å². The maximum absolute atomic E-state index is 12.8. The van der Waals surface area contributed by atoms with Crippen LogP contribution >= 0.6 is 0 Å². The Kier molecular flexibility index (Phi) is 4.13. The number of fused-ring (bicyclic) bond motifs is 2. The third-order valence-corrected chi connectivity index (χ3v) is 4.71. The highest BCUT2D eigenvalue weighted by Crippen LogP contribution is 2.22. The number of aromatic nitrogens is 6. The molecule has 0 saturated carbocycles. The maximum atomic E-state index is 12.8. The van der Waals surface area contributed by atoms with E-state index in [1.807, 2.05) is 28.8 Å². The number of esters is 1. The molecule has 0 aliphatic heterocycles. The number of ether oxygens (including phenoxy) is 1. The lowest BCUT2D eigenvalue weighted by molar-refractivity contribution is 0.0526. The highest BCUT2D eigenvalue weighted by Gasteiger charge is 2.19. The molecule has 0 bridgehead atoms.